The van der Waals surface area contributed by atoms with E-state index in [0.717, 1.165) is 22.2 Å². The molecular formula is C16H14N4O2. The summed E-state index contributed by atoms with van der Waals surface area (Å²) in [4.78, 5) is 4.18. The van der Waals surface area contributed by atoms with E-state index in [1.54, 1.807) is 16.9 Å². The summed E-state index contributed by atoms with van der Waals surface area (Å²) in [6.07, 6.45) is 5.22. The number of nitrogens with zero attached hydrogens (tertiary/aromatic N) is 3. The Kier molecular flexibility index (Phi) is 3.64. The lowest BCUT2D eigenvalue weighted by Crippen LogP contribution is -1.96. The van der Waals surface area contributed by atoms with Gasteiger partial charge < -0.3 is 15.6 Å². The minimum atomic E-state index is -0.185. The second kappa shape index (κ2) is 5.76. The van der Waals surface area contributed by atoms with Crippen LogP contribution in [0.5, 0.6) is 5.88 Å². The fourth-order valence-corrected chi connectivity index (χ4v) is 2.19. The monoisotopic (exact) mass is 294 g/mol. The van der Waals surface area contributed by atoms with Crippen LogP contribution in [0.4, 0.5) is 5.69 Å². The molecule has 0 aliphatic carbocycles. The topological polar surface area (TPSA) is 85.7 Å². The van der Waals surface area contributed by atoms with Crippen molar-refractivity contribution in [3.05, 3.63) is 42.4 Å². The van der Waals surface area contributed by atoms with Gasteiger partial charge in [-0.05, 0) is 23.8 Å². The van der Waals surface area contributed by atoms with Gasteiger partial charge in [0.15, 0.2) is 0 Å². The lowest BCUT2D eigenvalue weighted by Gasteiger charge is -2.07. The number of fused-ring (bicyclic) bond motifs is 1. The Balaban J connectivity index is 2.09. The third kappa shape index (κ3) is 2.45. The maximum absolute atomic E-state index is 8.81. The molecule has 0 unspecified atom stereocenters. The summed E-state index contributed by atoms with van der Waals surface area (Å²) in [5.74, 6) is 5.92. The van der Waals surface area contributed by atoms with Gasteiger partial charge in [-0.2, -0.15) is 5.10 Å². The van der Waals surface area contributed by atoms with E-state index < -0.39 is 0 Å². The molecule has 3 aromatic heterocycles. The van der Waals surface area contributed by atoms with Crippen LogP contribution in [0.3, 0.4) is 0 Å². The quantitative estimate of drug-likeness (QED) is 0.696. The fraction of sp³-hybridized carbons (Fsp3) is 0.125. The Labute approximate surface area is 127 Å². The summed E-state index contributed by atoms with van der Waals surface area (Å²) in [7, 11) is 1.53. The highest BCUT2D eigenvalue weighted by Gasteiger charge is 2.07. The molecule has 0 fully saturated rings. The summed E-state index contributed by atoms with van der Waals surface area (Å²) in [5, 5.41) is 13.0. The smallest absolute Gasteiger partial charge is 0.236 e. The fourth-order valence-electron chi connectivity index (χ4n) is 2.19. The lowest BCUT2D eigenvalue weighted by atomic mass is 10.1. The number of aromatic nitrogens is 3. The van der Waals surface area contributed by atoms with Crippen molar-refractivity contribution in [3.8, 4) is 28.8 Å². The van der Waals surface area contributed by atoms with Crippen LogP contribution >= 0.6 is 0 Å². The largest absolute Gasteiger partial charge is 0.480 e. The van der Waals surface area contributed by atoms with Crippen molar-refractivity contribution >= 4 is 11.2 Å². The molecule has 22 heavy (non-hydrogen) atoms. The van der Waals surface area contributed by atoms with Crippen molar-refractivity contribution in [2.24, 2.45) is 0 Å². The number of nitrogen functional groups attached to an aromatic ring is 1. The molecule has 3 aromatic rings. The van der Waals surface area contributed by atoms with Crippen LogP contribution < -0.4 is 10.5 Å². The molecule has 0 bridgehead atoms. The van der Waals surface area contributed by atoms with Gasteiger partial charge >= 0.3 is 0 Å². The van der Waals surface area contributed by atoms with E-state index in [-0.39, 0.29) is 6.61 Å². The van der Waals surface area contributed by atoms with Crippen molar-refractivity contribution in [1.29, 1.82) is 0 Å². The van der Waals surface area contributed by atoms with Crippen molar-refractivity contribution in [3.63, 3.8) is 0 Å². The number of nitrogens with two attached hydrogens (primary N) is 1. The minimum Gasteiger partial charge on any atom is -0.480 e. The molecule has 0 atom stereocenters. The average Bonchev–Trinajstić information content (AvgIpc) is 2.95. The molecule has 6 nitrogen and oxygen atoms in total. The maximum atomic E-state index is 8.81. The van der Waals surface area contributed by atoms with Gasteiger partial charge in [0.2, 0.25) is 5.88 Å². The number of aliphatic hydroxyl groups is 1. The normalized spacial score (nSPS) is 10.3. The van der Waals surface area contributed by atoms with Gasteiger partial charge in [-0.15, -0.1) is 0 Å². The second-order valence-corrected chi connectivity index (χ2v) is 4.59. The molecule has 0 aliphatic heterocycles. The number of hydrogen-bond acceptors (Lipinski definition) is 5. The van der Waals surface area contributed by atoms with Gasteiger partial charge in [-0.1, -0.05) is 11.8 Å². The number of ether oxygens (including phenoxy) is 1. The van der Waals surface area contributed by atoms with Gasteiger partial charge in [0.05, 0.1) is 30.1 Å². The van der Waals surface area contributed by atoms with Crippen LogP contribution in [0.2, 0.25) is 0 Å². The van der Waals surface area contributed by atoms with E-state index >= 15 is 0 Å². The van der Waals surface area contributed by atoms with Crippen LogP contribution in [-0.2, 0) is 0 Å². The first-order valence-electron chi connectivity index (χ1n) is 6.60. The predicted molar refractivity (Wildman–Crippen MR) is 83.4 cm³/mol. The Bertz CT molecular complexity index is 890. The Hall–Kier alpha value is -3.04. The van der Waals surface area contributed by atoms with E-state index in [1.165, 1.54) is 7.11 Å². The van der Waals surface area contributed by atoms with Crippen LogP contribution in [0.1, 0.15) is 5.56 Å². The van der Waals surface area contributed by atoms with Crippen molar-refractivity contribution in [2.45, 2.75) is 0 Å². The standard InChI is InChI=1S/C16H14N4O2/c1-22-16-14(17)7-13(9-18-16)11-4-5-20-15(8-11)12(10-19-20)3-2-6-21/h4-5,7-10,21H,6,17H2,1H3. The molecule has 0 aromatic carbocycles. The van der Waals surface area contributed by atoms with Crippen LogP contribution in [0.15, 0.2) is 36.8 Å². The molecule has 3 N–H and O–H groups in total. The summed E-state index contributed by atoms with van der Waals surface area (Å²) < 4.78 is 6.79. The number of methoxy groups -OCH3 is 1. The molecule has 0 aliphatic rings. The van der Waals surface area contributed by atoms with Crippen LogP contribution in [-0.4, -0.2) is 33.4 Å². The first-order valence-corrected chi connectivity index (χ1v) is 6.60. The third-order valence-corrected chi connectivity index (χ3v) is 3.23. The average molecular weight is 294 g/mol. The predicted octanol–water partition coefficient (Wildman–Crippen LogP) is 1.33. The lowest BCUT2D eigenvalue weighted by molar-refractivity contribution is 0.350. The van der Waals surface area contributed by atoms with Gasteiger partial charge in [-0.3, -0.25) is 0 Å². The van der Waals surface area contributed by atoms with E-state index in [9.17, 15) is 0 Å². The Morgan fingerprint density at radius 1 is 1.32 bits per heavy atom. The van der Waals surface area contributed by atoms with Crippen LogP contribution in [0.25, 0.3) is 16.6 Å². The molecule has 0 saturated carbocycles. The van der Waals surface area contributed by atoms with E-state index in [0.29, 0.717) is 11.6 Å². The van der Waals surface area contributed by atoms with Gasteiger partial charge in [-0.25, -0.2) is 9.50 Å². The molecule has 3 heterocycles. The van der Waals surface area contributed by atoms with E-state index in [4.69, 9.17) is 15.6 Å². The van der Waals surface area contributed by atoms with Gasteiger partial charge in [0, 0.05) is 18.0 Å². The first kappa shape index (κ1) is 13.9. The summed E-state index contributed by atoms with van der Waals surface area (Å²) in [5.41, 5.74) is 9.82. The Morgan fingerprint density at radius 2 is 2.18 bits per heavy atom. The molecule has 110 valence electrons. The highest BCUT2D eigenvalue weighted by Crippen LogP contribution is 2.27. The number of pyridine rings is 2. The molecular weight excluding hydrogens is 280 g/mol. The molecule has 0 spiro atoms. The third-order valence-electron chi connectivity index (χ3n) is 3.23. The maximum Gasteiger partial charge on any atom is 0.236 e. The van der Waals surface area contributed by atoms with E-state index in [2.05, 4.69) is 21.9 Å². The molecule has 0 amide bonds. The number of anilines is 1. The number of rotatable bonds is 2. The summed E-state index contributed by atoms with van der Waals surface area (Å²) >= 11 is 0. The van der Waals surface area contributed by atoms with Gasteiger partial charge in [0.1, 0.15) is 6.61 Å². The number of aliphatic hydroxyl groups excluding tert-OH is 1. The SMILES string of the molecule is COc1ncc(-c2ccn3ncc(C#CCO)c3c2)cc1N. The highest BCUT2D eigenvalue weighted by atomic mass is 16.5. The van der Waals surface area contributed by atoms with Crippen molar-refractivity contribution in [1.82, 2.24) is 14.6 Å². The molecule has 0 radical (unpaired) electrons. The minimum absolute atomic E-state index is 0.185. The van der Waals surface area contributed by atoms with E-state index in [1.807, 2.05) is 24.4 Å². The molecule has 6 heteroatoms. The zero-order valence-electron chi connectivity index (χ0n) is 11.9. The Morgan fingerprint density at radius 3 is 2.91 bits per heavy atom. The molecule has 3 rings (SSSR count). The second-order valence-electron chi connectivity index (χ2n) is 4.59. The summed E-state index contributed by atoms with van der Waals surface area (Å²) in [6, 6.07) is 5.69. The molecule has 0 saturated heterocycles. The van der Waals surface area contributed by atoms with Crippen molar-refractivity contribution < 1.29 is 9.84 Å². The summed E-state index contributed by atoms with van der Waals surface area (Å²) in [6.45, 7) is -0.185. The zero-order valence-corrected chi connectivity index (χ0v) is 11.9. The number of hydrogen-bond donors (Lipinski definition) is 2. The highest BCUT2D eigenvalue weighted by molar-refractivity contribution is 5.74. The van der Waals surface area contributed by atoms with Crippen LogP contribution in [0, 0.1) is 11.8 Å². The van der Waals surface area contributed by atoms with Gasteiger partial charge in [0.25, 0.3) is 0 Å². The first-order chi connectivity index (χ1) is 10.7. The zero-order chi connectivity index (χ0) is 15.5. The van der Waals surface area contributed by atoms with Crippen molar-refractivity contribution in [2.75, 3.05) is 19.5 Å².